The molecule has 0 radical (unpaired) electrons. The van der Waals surface area contributed by atoms with Crippen molar-refractivity contribution < 1.29 is 9.59 Å². The van der Waals surface area contributed by atoms with Crippen LogP contribution in [0.15, 0.2) is 18.2 Å². The zero-order valence-corrected chi connectivity index (χ0v) is 11.1. The molecule has 4 nitrogen and oxygen atoms in total. The minimum atomic E-state index is -0.0764. The fourth-order valence-electron chi connectivity index (χ4n) is 2.88. The molecule has 0 spiro atoms. The fraction of sp³-hybridized carbons (Fsp3) is 0.467. The van der Waals surface area contributed by atoms with E-state index in [1.807, 2.05) is 25.1 Å². The monoisotopic (exact) mass is 258 g/mol. The van der Waals surface area contributed by atoms with Crippen molar-refractivity contribution in [3.8, 4) is 0 Å². The number of piperidine rings is 1. The summed E-state index contributed by atoms with van der Waals surface area (Å²) in [5.74, 6) is 0.00970. The third-order valence-electron chi connectivity index (χ3n) is 3.83. The van der Waals surface area contributed by atoms with Crippen molar-refractivity contribution in [1.82, 2.24) is 0 Å². The van der Waals surface area contributed by atoms with Gasteiger partial charge in [0.15, 0.2) is 0 Å². The van der Waals surface area contributed by atoms with E-state index >= 15 is 0 Å². The van der Waals surface area contributed by atoms with Crippen molar-refractivity contribution in [2.75, 3.05) is 16.8 Å². The number of fused-ring (bicyclic) bond motifs is 1. The number of rotatable bonds is 1. The number of aryl methyl sites for hydroxylation is 1. The highest BCUT2D eigenvalue weighted by Gasteiger charge is 2.31. The zero-order valence-electron chi connectivity index (χ0n) is 11.1. The number of nitrogens with zero attached hydrogens (tertiary/aromatic N) is 1. The summed E-state index contributed by atoms with van der Waals surface area (Å²) in [5, 5.41) is 3.33. The van der Waals surface area contributed by atoms with E-state index in [1.165, 1.54) is 10.5 Å². The summed E-state index contributed by atoms with van der Waals surface area (Å²) < 4.78 is 0. The Labute approximate surface area is 112 Å². The van der Waals surface area contributed by atoms with Crippen molar-refractivity contribution in [1.29, 1.82) is 0 Å². The van der Waals surface area contributed by atoms with Gasteiger partial charge in [0.25, 0.3) is 0 Å². The van der Waals surface area contributed by atoms with Crippen LogP contribution in [0, 0.1) is 5.92 Å². The maximum atomic E-state index is 12.1. The van der Waals surface area contributed by atoms with Crippen LogP contribution in [0.5, 0.6) is 0 Å². The maximum absolute atomic E-state index is 12.1. The molecule has 1 aromatic carbocycles. The van der Waals surface area contributed by atoms with Crippen LogP contribution in [0.25, 0.3) is 0 Å². The van der Waals surface area contributed by atoms with Gasteiger partial charge in [-0.1, -0.05) is 6.92 Å². The van der Waals surface area contributed by atoms with E-state index in [0.717, 1.165) is 30.8 Å². The highest BCUT2D eigenvalue weighted by atomic mass is 16.2. The van der Waals surface area contributed by atoms with Gasteiger partial charge in [0, 0.05) is 25.1 Å². The molecule has 1 aromatic rings. The number of imide groups is 1. The van der Waals surface area contributed by atoms with Crippen molar-refractivity contribution in [3.63, 3.8) is 0 Å². The second kappa shape index (κ2) is 4.68. The Hall–Kier alpha value is -1.84. The van der Waals surface area contributed by atoms with Gasteiger partial charge >= 0.3 is 0 Å². The number of amides is 2. The Bertz CT molecular complexity index is 521. The van der Waals surface area contributed by atoms with Crippen molar-refractivity contribution >= 4 is 23.2 Å². The summed E-state index contributed by atoms with van der Waals surface area (Å²) in [6.45, 7) is 2.94. The molecule has 4 heteroatoms. The van der Waals surface area contributed by atoms with Gasteiger partial charge in [-0.25, -0.2) is 0 Å². The lowest BCUT2D eigenvalue weighted by Gasteiger charge is -2.29. The molecule has 100 valence electrons. The van der Waals surface area contributed by atoms with E-state index in [9.17, 15) is 9.59 Å². The lowest BCUT2D eigenvalue weighted by molar-refractivity contribution is -0.130. The van der Waals surface area contributed by atoms with Gasteiger partial charge in [0.1, 0.15) is 0 Å². The molecule has 0 saturated carbocycles. The molecule has 1 fully saturated rings. The maximum Gasteiger partial charge on any atom is 0.234 e. The number of hydrogen-bond acceptors (Lipinski definition) is 3. The molecular formula is C15H18N2O2. The highest BCUT2D eigenvalue weighted by Crippen LogP contribution is 2.30. The summed E-state index contributed by atoms with van der Waals surface area (Å²) in [4.78, 5) is 25.5. The molecule has 2 heterocycles. The molecule has 19 heavy (non-hydrogen) atoms. The van der Waals surface area contributed by atoms with E-state index in [2.05, 4.69) is 5.32 Å². The molecular weight excluding hydrogens is 240 g/mol. The van der Waals surface area contributed by atoms with Crippen molar-refractivity contribution in [3.05, 3.63) is 23.8 Å². The first-order valence-electron chi connectivity index (χ1n) is 6.88. The van der Waals surface area contributed by atoms with Crippen LogP contribution in [-0.4, -0.2) is 18.4 Å². The predicted molar refractivity (Wildman–Crippen MR) is 74.1 cm³/mol. The lowest BCUT2D eigenvalue weighted by Crippen LogP contribution is -2.42. The second-order valence-corrected chi connectivity index (χ2v) is 5.51. The SMILES string of the molecule is CC1CC(=O)N(c2ccc3c(c2)CCCN3)C(=O)C1. The number of carbonyl (C=O) groups is 2. The van der Waals surface area contributed by atoms with Crippen LogP contribution in [0.2, 0.25) is 0 Å². The lowest BCUT2D eigenvalue weighted by atomic mass is 9.96. The molecule has 2 aliphatic rings. The molecule has 2 amide bonds. The summed E-state index contributed by atoms with van der Waals surface area (Å²) in [5.41, 5.74) is 3.05. The van der Waals surface area contributed by atoms with Gasteiger partial charge in [-0.05, 0) is 42.5 Å². The van der Waals surface area contributed by atoms with E-state index in [0.29, 0.717) is 12.8 Å². The first kappa shape index (κ1) is 12.2. The van der Waals surface area contributed by atoms with Gasteiger partial charge in [-0.15, -0.1) is 0 Å². The van der Waals surface area contributed by atoms with Gasteiger partial charge < -0.3 is 5.32 Å². The molecule has 1 saturated heterocycles. The first-order valence-corrected chi connectivity index (χ1v) is 6.88. The molecule has 0 unspecified atom stereocenters. The number of carbonyl (C=O) groups excluding carboxylic acids is 2. The Balaban J connectivity index is 1.93. The summed E-state index contributed by atoms with van der Waals surface area (Å²) in [7, 11) is 0. The van der Waals surface area contributed by atoms with Crippen LogP contribution in [0.4, 0.5) is 11.4 Å². The number of nitrogens with one attached hydrogen (secondary N) is 1. The summed E-state index contributed by atoms with van der Waals surface area (Å²) in [6.07, 6.45) is 3.01. The van der Waals surface area contributed by atoms with Crippen molar-refractivity contribution in [2.45, 2.75) is 32.6 Å². The Morgan fingerprint density at radius 3 is 2.68 bits per heavy atom. The predicted octanol–water partition coefficient (Wildman–Crippen LogP) is 2.33. The third kappa shape index (κ3) is 2.23. The second-order valence-electron chi connectivity index (χ2n) is 5.51. The topological polar surface area (TPSA) is 49.4 Å². The molecule has 0 aliphatic carbocycles. The van der Waals surface area contributed by atoms with Gasteiger partial charge in [0.2, 0.25) is 11.8 Å². The molecule has 0 bridgehead atoms. The quantitative estimate of drug-likeness (QED) is 0.786. The van der Waals surface area contributed by atoms with Gasteiger partial charge in [-0.3, -0.25) is 14.5 Å². The molecule has 2 aliphatic heterocycles. The van der Waals surface area contributed by atoms with Crippen LogP contribution in [0.3, 0.4) is 0 Å². The number of benzene rings is 1. The van der Waals surface area contributed by atoms with Crippen LogP contribution in [0.1, 0.15) is 31.7 Å². The van der Waals surface area contributed by atoms with E-state index in [4.69, 9.17) is 0 Å². The van der Waals surface area contributed by atoms with Gasteiger partial charge in [-0.2, -0.15) is 0 Å². The largest absolute Gasteiger partial charge is 0.385 e. The zero-order chi connectivity index (χ0) is 13.4. The Morgan fingerprint density at radius 1 is 1.21 bits per heavy atom. The molecule has 1 N–H and O–H groups in total. The standard InChI is InChI=1S/C15H18N2O2/c1-10-7-14(18)17(15(19)8-10)12-4-5-13-11(9-12)3-2-6-16-13/h4-5,9-10,16H,2-3,6-8H2,1H3. The molecule has 3 rings (SSSR count). The Morgan fingerprint density at radius 2 is 1.95 bits per heavy atom. The highest BCUT2D eigenvalue weighted by molar-refractivity contribution is 6.16. The van der Waals surface area contributed by atoms with E-state index < -0.39 is 0 Å². The van der Waals surface area contributed by atoms with Crippen LogP contribution in [-0.2, 0) is 16.0 Å². The fourth-order valence-corrected chi connectivity index (χ4v) is 2.88. The van der Waals surface area contributed by atoms with E-state index in [1.54, 1.807) is 0 Å². The smallest absolute Gasteiger partial charge is 0.234 e. The number of hydrogen-bond donors (Lipinski definition) is 1. The number of anilines is 2. The first-order chi connectivity index (χ1) is 9.15. The summed E-state index contributed by atoms with van der Waals surface area (Å²) in [6, 6.07) is 5.82. The summed E-state index contributed by atoms with van der Waals surface area (Å²) >= 11 is 0. The third-order valence-corrected chi connectivity index (χ3v) is 3.83. The van der Waals surface area contributed by atoms with Crippen LogP contribution < -0.4 is 10.2 Å². The molecule has 0 aromatic heterocycles. The minimum absolute atomic E-state index is 0.0764. The van der Waals surface area contributed by atoms with Crippen LogP contribution >= 0.6 is 0 Å². The van der Waals surface area contributed by atoms with E-state index in [-0.39, 0.29) is 17.7 Å². The van der Waals surface area contributed by atoms with Gasteiger partial charge in [0.05, 0.1) is 5.69 Å². The minimum Gasteiger partial charge on any atom is -0.385 e. The average molecular weight is 258 g/mol. The Kier molecular flexibility index (Phi) is 3.01. The van der Waals surface area contributed by atoms with Crippen molar-refractivity contribution in [2.24, 2.45) is 5.92 Å². The average Bonchev–Trinajstić information content (AvgIpc) is 2.37. The molecule has 0 atom stereocenters. The normalized spacial score (nSPS) is 20.2.